The summed E-state index contributed by atoms with van der Waals surface area (Å²) in [5.41, 5.74) is 7.05. The van der Waals surface area contributed by atoms with Crippen molar-refractivity contribution in [2.45, 2.75) is 25.8 Å². The molecule has 0 fully saturated rings. The Balaban J connectivity index is 2.94. The number of benzene rings is 1. The highest BCUT2D eigenvalue weighted by molar-refractivity contribution is 6.31. The first kappa shape index (κ1) is 12.8. The molecule has 0 aliphatic rings. The van der Waals surface area contributed by atoms with Crippen molar-refractivity contribution < 1.29 is 15.0 Å². The predicted molar refractivity (Wildman–Crippen MR) is 61.7 cm³/mol. The van der Waals surface area contributed by atoms with Gasteiger partial charge in [0.2, 0.25) is 0 Å². The number of carbonyl (C=O) groups is 1. The average Bonchev–Trinajstić information content (AvgIpc) is 2.21. The molecule has 1 aromatic rings. The molecule has 0 radical (unpaired) electrons. The Labute approximate surface area is 98.6 Å². The van der Waals surface area contributed by atoms with Crippen LogP contribution in [0.2, 0.25) is 5.02 Å². The maximum atomic E-state index is 10.4. The zero-order chi connectivity index (χ0) is 12.3. The van der Waals surface area contributed by atoms with Gasteiger partial charge in [-0.3, -0.25) is 4.79 Å². The van der Waals surface area contributed by atoms with Crippen LogP contribution in [0, 0.1) is 6.92 Å². The molecule has 0 aliphatic heterocycles. The summed E-state index contributed by atoms with van der Waals surface area (Å²) in [5.74, 6) is -0.852. The van der Waals surface area contributed by atoms with E-state index in [0.717, 1.165) is 0 Å². The van der Waals surface area contributed by atoms with E-state index in [2.05, 4.69) is 0 Å². The third kappa shape index (κ3) is 2.87. The van der Waals surface area contributed by atoms with E-state index >= 15 is 0 Å². The Morgan fingerprint density at radius 3 is 2.75 bits per heavy atom. The van der Waals surface area contributed by atoms with Gasteiger partial charge in [-0.1, -0.05) is 11.6 Å². The van der Waals surface area contributed by atoms with Crippen LogP contribution in [0.3, 0.4) is 0 Å². The van der Waals surface area contributed by atoms with Gasteiger partial charge in [-0.2, -0.15) is 0 Å². The maximum absolute atomic E-state index is 10.4. The molecule has 5 heteroatoms. The second kappa shape index (κ2) is 5.18. The fourth-order valence-electron chi connectivity index (χ4n) is 1.58. The topological polar surface area (TPSA) is 83.5 Å². The first-order valence-corrected chi connectivity index (χ1v) is 5.26. The lowest BCUT2D eigenvalue weighted by Gasteiger charge is -2.16. The largest absolute Gasteiger partial charge is 0.508 e. The molecule has 1 atom stereocenters. The molecule has 0 aliphatic carbocycles. The van der Waals surface area contributed by atoms with E-state index in [9.17, 15) is 9.90 Å². The highest BCUT2D eigenvalue weighted by Gasteiger charge is 2.16. The summed E-state index contributed by atoms with van der Waals surface area (Å²) in [6.07, 6.45) is 0.233. The number of carboxylic acids is 1. The van der Waals surface area contributed by atoms with Crippen LogP contribution in [-0.2, 0) is 4.79 Å². The van der Waals surface area contributed by atoms with E-state index in [1.807, 2.05) is 0 Å². The van der Waals surface area contributed by atoms with Gasteiger partial charge in [-0.15, -0.1) is 0 Å². The van der Waals surface area contributed by atoms with Gasteiger partial charge in [0.1, 0.15) is 5.75 Å². The van der Waals surface area contributed by atoms with Gasteiger partial charge in [0, 0.05) is 23.0 Å². The Morgan fingerprint density at radius 2 is 2.19 bits per heavy atom. The molecule has 0 saturated carbocycles. The van der Waals surface area contributed by atoms with E-state index in [1.165, 1.54) is 6.07 Å². The normalized spacial score (nSPS) is 12.4. The number of hydrogen-bond donors (Lipinski definition) is 3. The molecule has 4 nitrogen and oxygen atoms in total. The van der Waals surface area contributed by atoms with Crippen molar-refractivity contribution in [3.05, 3.63) is 28.3 Å². The molecule has 4 N–H and O–H groups in total. The summed E-state index contributed by atoms with van der Waals surface area (Å²) in [5, 5.41) is 18.7. The first-order valence-electron chi connectivity index (χ1n) is 4.88. The molecule has 0 saturated heterocycles. The van der Waals surface area contributed by atoms with Crippen molar-refractivity contribution in [2.75, 3.05) is 0 Å². The lowest BCUT2D eigenvalue weighted by Crippen LogP contribution is -2.14. The molecule has 0 heterocycles. The van der Waals surface area contributed by atoms with Gasteiger partial charge in [0.15, 0.2) is 0 Å². The highest BCUT2D eigenvalue weighted by atomic mass is 35.5. The molecular weight excluding hydrogens is 230 g/mol. The van der Waals surface area contributed by atoms with Crippen LogP contribution >= 0.6 is 11.6 Å². The number of aromatic hydroxyl groups is 1. The molecular formula is C11H14ClNO3. The van der Waals surface area contributed by atoms with Crippen LogP contribution in [0.5, 0.6) is 5.75 Å². The van der Waals surface area contributed by atoms with E-state index in [1.54, 1.807) is 13.0 Å². The molecule has 1 rings (SSSR count). The van der Waals surface area contributed by atoms with Crippen LogP contribution in [0.4, 0.5) is 0 Å². The summed E-state index contributed by atoms with van der Waals surface area (Å²) >= 11 is 5.91. The van der Waals surface area contributed by atoms with Crippen LogP contribution in [-0.4, -0.2) is 16.2 Å². The number of halogens is 1. The van der Waals surface area contributed by atoms with Crippen molar-refractivity contribution >= 4 is 17.6 Å². The predicted octanol–water partition coefficient (Wildman–Crippen LogP) is 2.22. The van der Waals surface area contributed by atoms with Crippen molar-refractivity contribution in [1.82, 2.24) is 0 Å². The van der Waals surface area contributed by atoms with Crippen LogP contribution in [0.25, 0.3) is 0 Å². The summed E-state index contributed by atoms with van der Waals surface area (Å²) in [6, 6.07) is 2.53. The summed E-state index contributed by atoms with van der Waals surface area (Å²) in [6.45, 7) is 1.75. The zero-order valence-corrected chi connectivity index (χ0v) is 9.66. The lowest BCUT2D eigenvalue weighted by molar-refractivity contribution is -0.137. The van der Waals surface area contributed by atoms with Crippen molar-refractivity contribution in [2.24, 2.45) is 5.73 Å². The average molecular weight is 244 g/mol. The van der Waals surface area contributed by atoms with E-state index in [0.29, 0.717) is 16.1 Å². The highest BCUT2D eigenvalue weighted by Crippen LogP contribution is 2.32. The van der Waals surface area contributed by atoms with Crippen molar-refractivity contribution in [1.29, 1.82) is 0 Å². The molecule has 0 bridgehead atoms. The van der Waals surface area contributed by atoms with E-state index in [-0.39, 0.29) is 18.6 Å². The van der Waals surface area contributed by atoms with Gasteiger partial charge in [0.05, 0.1) is 0 Å². The Kier molecular flexibility index (Phi) is 4.15. The van der Waals surface area contributed by atoms with Gasteiger partial charge in [-0.05, 0) is 31.0 Å². The van der Waals surface area contributed by atoms with Gasteiger partial charge in [-0.25, -0.2) is 0 Å². The van der Waals surface area contributed by atoms with Gasteiger partial charge >= 0.3 is 5.97 Å². The second-order valence-corrected chi connectivity index (χ2v) is 4.05. The number of phenolic OH excluding ortho intramolecular Hbond substituents is 1. The molecule has 0 amide bonds. The van der Waals surface area contributed by atoms with Gasteiger partial charge in [0.25, 0.3) is 0 Å². The van der Waals surface area contributed by atoms with Crippen molar-refractivity contribution in [3.63, 3.8) is 0 Å². The Morgan fingerprint density at radius 1 is 1.56 bits per heavy atom. The van der Waals surface area contributed by atoms with E-state index < -0.39 is 12.0 Å². The third-order valence-corrected chi connectivity index (χ3v) is 2.88. The number of hydrogen-bond acceptors (Lipinski definition) is 3. The number of phenols is 1. The molecule has 0 spiro atoms. The lowest BCUT2D eigenvalue weighted by atomic mass is 9.97. The summed E-state index contributed by atoms with van der Waals surface area (Å²) < 4.78 is 0. The fourth-order valence-corrected chi connectivity index (χ4v) is 1.74. The molecule has 88 valence electrons. The monoisotopic (exact) mass is 243 g/mol. The molecule has 1 unspecified atom stereocenters. The minimum atomic E-state index is -0.908. The fraction of sp³-hybridized carbons (Fsp3) is 0.364. The Bertz CT molecular complexity index is 406. The SMILES string of the molecule is Cc1c(Cl)ccc(O)c1C(N)CCC(=O)O. The van der Waals surface area contributed by atoms with Crippen molar-refractivity contribution in [3.8, 4) is 5.75 Å². The third-order valence-electron chi connectivity index (χ3n) is 2.47. The minimum absolute atomic E-state index is 0.0352. The van der Waals surface area contributed by atoms with Crippen LogP contribution in [0.1, 0.15) is 30.0 Å². The Hall–Kier alpha value is -1.26. The van der Waals surface area contributed by atoms with Crippen LogP contribution in [0.15, 0.2) is 12.1 Å². The smallest absolute Gasteiger partial charge is 0.303 e. The van der Waals surface area contributed by atoms with E-state index in [4.69, 9.17) is 22.4 Å². The van der Waals surface area contributed by atoms with Crippen LogP contribution < -0.4 is 5.73 Å². The minimum Gasteiger partial charge on any atom is -0.508 e. The summed E-state index contributed by atoms with van der Waals surface area (Å²) in [7, 11) is 0. The maximum Gasteiger partial charge on any atom is 0.303 e. The number of carboxylic acid groups (broad SMARTS) is 1. The second-order valence-electron chi connectivity index (χ2n) is 3.64. The molecule has 1 aromatic carbocycles. The standard InChI is InChI=1S/C11H14ClNO3/c1-6-7(12)2-4-9(14)11(6)8(13)3-5-10(15)16/h2,4,8,14H,3,5,13H2,1H3,(H,15,16). The number of rotatable bonds is 4. The quantitative estimate of drug-likeness (QED) is 0.757. The molecule has 0 aromatic heterocycles. The number of aliphatic carboxylic acids is 1. The first-order chi connectivity index (χ1) is 7.43. The zero-order valence-electron chi connectivity index (χ0n) is 8.90. The molecule has 16 heavy (non-hydrogen) atoms. The number of nitrogens with two attached hydrogens (primary N) is 1. The van der Waals surface area contributed by atoms with Gasteiger partial charge < -0.3 is 15.9 Å². The summed E-state index contributed by atoms with van der Waals surface area (Å²) in [4.78, 5) is 10.4.